The van der Waals surface area contributed by atoms with E-state index in [1.54, 1.807) is 12.1 Å². The molecule has 26 heavy (non-hydrogen) atoms. The Morgan fingerprint density at radius 1 is 1.15 bits per heavy atom. The molecule has 0 saturated heterocycles. The van der Waals surface area contributed by atoms with E-state index in [2.05, 4.69) is 4.99 Å². The van der Waals surface area contributed by atoms with E-state index in [1.165, 1.54) is 43.5 Å². The Hall–Kier alpha value is -2.80. The van der Waals surface area contributed by atoms with E-state index in [-0.39, 0.29) is 16.3 Å². The Kier molecular flexibility index (Phi) is 6.05. The molecule has 2 rings (SSSR count). The molecule has 0 saturated carbocycles. The van der Waals surface area contributed by atoms with Crippen molar-refractivity contribution in [1.82, 2.24) is 0 Å². The van der Waals surface area contributed by atoms with Crippen LogP contribution in [-0.2, 0) is 4.79 Å². The zero-order valence-corrected chi connectivity index (χ0v) is 14.2. The second-order valence-corrected chi connectivity index (χ2v) is 5.43. The van der Waals surface area contributed by atoms with Crippen LogP contribution < -0.4 is 4.74 Å². The highest BCUT2D eigenvalue weighted by Gasteiger charge is 2.41. The molecule has 1 N–H and O–H groups in total. The number of carbonyl (C=O) groups excluding carboxylic acids is 1. The first-order chi connectivity index (χ1) is 12.2. The predicted octanol–water partition coefficient (Wildman–Crippen LogP) is 5.15. The zero-order valence-electron chi connectivity index (χ0n) is 13.4. The third-order valence-electron chi connectivity index (χ3n) is 3.31. The molecule has 0 bridgehead atoms. The molecule has 0 amide bonds. The average molecular weight is 384 g/mol. The minimum absolute atomic E-state index is 0.00371. The minimum atomic E-state index is -5.18. The van der Waals surface area contributed by atoms with Gasteiger partial charge in [-0.25, -0.2) is 0 Å². The number of methoxy groups -OCH3 is 1. The smallest absolute Gasteiger partial charge is 0.455 e. The summed E-state index contributed by atoms with van der Waals surface area (Å²) in [5.74, 6) is -2.64. The van der Waals surface area contributed by atoms with Crippen molar-refractivity contribution in [2.24, 2.45) is 4.99 Å². The molecule has 0 radical (unpaired) electrons. The molecular weight excluding hydrogens is 371 g/mol. The number of allylic oxidation sites excluding steroid dienone is 1. The van der Waals surface area contributed by atoms with Gasteiger partial charge in [0.15, 0.2) is 0 Å². The van der Waals surface area contributed by atoms with Gasteiger partial charge in [-0.2, -0.15) is 13.2 Å². The number of para-hydroxylation sites is 1. The Morgan fingerprint density at radius 3 is 2.31 bits per heavy atom. The number of rotatable bonds is 5. The Morgan fingerprint density at radius 2 is 1.77 bits per heavy atom. The summed E-state index contributed by atoms with van der Waals surface area (Å²) in [6, 6.07) is 11.7. The number of Topliss-reactive ketones (excluding diaryl/α,β-unsaturated/α-hetero) is 1. The lowest BCUT2D eigenvalue weighted by Gasteiger charge is -2.10. The molecule has 0 fully saturated rings. The fraction of sp³-hybridized carbons (Fsp3) is 0.111. The molecule has 0 atom stereocenters. The number of hydrogen-bond donors (Lipinski definition) is 1. The summed E-state index contributed by atoms with van der Waals surface area (Å²) in [6.07, 6.45) is -4.53. The third-order valence-corrected chi connectivity index (χ3v) is 3.63. The summed E-state index contributed by atoms with van der Waals surface area (Å²) in [4.78, 5) is 15.5. The number of nitrogens with zero attached hydrogens (tertiary/aromatic N) is 1. The van der Waals surface area contributed by atoms with Gasteiger partial charge >= 0.3 is 6.18 Å². The first-order valence-electron chi connectivity index (χ1n) is 7.22. The van der Waals surface area contributed by atoms with Crippen LogP contribution in [0, 0.1) is 0 Å². The third kappa shape index (κ3) is 4.64. The SMILES string of the molecule is COc1ccc(/C(O)=C(\C=Nc2ccccc2Cl)C(=O)C(F)(F)F)cc1. The highest BCUT2D eigenvalue weighted by Crippen LogP contribution is 2.28. The molecule has 0 aliphatic rings. The fourth-order valence-electron chi connectivity index (χ4n) is 1.97. The standard InChI is InChI=1S/C18H13ClF3NO3/c1-26-12-8-6-11(7-9-12)16(24)13(17(25)18(20,21)22)10-23-15-5-3-2-4-14(15)19/h2-10,24H,1H3/b16-13-,23-10?. The van der Waals surface area contributed by atoms with Crippen LogP contribution in [0.3, 0.4) is 0 Å². The highest BCUT2D eigenvalue weighted by atomic mass is 35.5. The second kappa shape index (κ2) is 8.05. The van der Waals surface area contributed by atoms with Crippen LogP contribution in [0.15, 0.2) is 59.1 Å². The van der Waals surface area contributed by atoms with Gasteiger partial charge in [0.05, 0.1) is 23.4 Å². The minimum Gasteiger partial charge on any atom is -0.506 e. The van der Waals surface area contributed by atoms with Gasteiger partial charge < -0.3 is 9.84 Å². The molecule has 136 valence electrons. The number of halogens is 4. The van der Waals surface area contributed by atoms with Gasteiger partial charge in [-0.3, -0.25) is 9.79 Å². The summed E-state index contributed by atoms with van der Waals surface area (Å²) >= 11 is 5.89. The summed E-state index contributed by atoms with van der Waals surface area (Å²) < 4.78 is 43.6. The van der Waals surface area contributed by atoms with Gasteiger partial charge in [0.1, 0.15) is 11.5 Å². The Labute approximate surface area is 152 Å². The van der Waals surface area contributed by atoms with Crippen LogP contribution >= 0.6 is 11.6 Å². The van der Waals surface area contributed by atoms with Crippen molar-refractivity contribution in [1.29, 1.82) is 0 Å². The van der Waals surface area contributed by atoms with E-state index in [0.717, 1.165) is 0 Å². The highest BCUT2D eigenvalue weighted by molar-refractivity contribution is 6.33. The molecule has 2 aromatic carbocycles. The molecule has 4 nitrogen and oxygen atoms in total. The zero-order chi connectivity index (χ0) is 19.3. The van der Waals surface area contributed by atoms with Gasteiger partial charge in [-0.1, -0.05) is 23.7 Å². The normalized spacial score (nSPS) is 12.8. The molecule has 0 unspecified atom stereocenters. The molecule has 2 aromatic rings. The van der Waals surface area contributed by atoms with Crippen molar-refractivity contribution in [2.75, 3.05) is 7.11 Å². The maximum atomic E-state index is 12.9. The number of aliphatic imine (C=N–C) groups is 1. The topological polar surface area (TPSA) is 58.9 Å². The van der Waals surface area contributed by atoms with Gasteiger partial charge in [0, 0.05) is 11.8 Å². The lowest BCUT2D eigenvalue weighted by molar-refractivity contribution is -0.165. The molecule has 0 spiro atoms. The summed E-state index contributed by atoms with van der Waals surface area (Å²) in [6.45, 7) is 0. The lowest BCUT2D eigenvalue weighted by Crippen LogP contribution is -2.26. The Balaban J connectivity index is 2.52. The number of carbonyl (C=O) groups is 1. The van der Waals surface area contributed by atoms with E-state index < -0.39 is 23.3 Å². The number of alkyl halides is 3. The first kappa shape index (κ1) is 19.5. The molecular formula is C18H13ClF3NO3. The van der Waals surface area contributed by atoms with E-state index >= 15 is 0 Å². The number of benzene rings is 2. The average Bonchev–Trinajstić information content (AvgIpc) is 2.62. The van der Waals surface area contributed by atoms with Crippen molar-refractivity contribution < 1.29 is 27.8 Å². The number of hydrogen-bond acceptors (Lipinski definition) is 4. The molecule has 0 aromatic heterocycles. The van der Waals surface area contributed by atoms with Crippen LogP contribution in [0.25, 0.3) is 5.76 Å². The maximum Gasteiger partial charge on any atom is 0.455 e. The number of ether oxygens (including phenoxy) is 1. The Bertz CT molecular complexity index is 859. The number of ketones is 1. The quantitative estimate of drug-likeness (QED) is 0.441. The summed E-state index contributed by atoms with van der Waals surface area (Å²) in [5, 5.41) is 10.4. The van der Waals surface area contributed by atoms with E-state index in [4.69, 9.17) is 16.3 Å². The van der Waals surface area contributed by atoms with Crippen LogP contribution in [0.2, 0.25) is 5.02 Å². The van der Waals surface area contributed by atoms with Crippen LogP contribution in [0.5, 0.6) is 5.75 Å². The fourth-order valence-corrected chi connectivity index (χ4v) is 2.16. The van der Waals surface area contributed by atoms with E-state index in [0.29, 0.717) is 12.0 Å². The maximum absolute atomic E-state index is 12.9. The second-order valence-electron chi connectivity index (χ2n) is 5.03. The lowest BCUT2D eigenvalue weighted by atomic mass is 10.0. The van der Waals surface area contributed by atoms with Gasteiger partial charge in [-0.05, 0) is 36.4 Å². The van der Waals surface area contributed by atoms with Crippen molar-refractivity contribution in [3.63, 3.8) is 0 Å². The van der Waals surface area contributed by atoms with Gasteiger partial charge in [-0.15, -0.1) is 0 Å². The van der Waals surface area contributed by atoms with Crippen LogP contribution in [-0.4, -0.2) is 30.4 Å². The van der Waals surface area contributed by atoms with Crippen LogP contribution in [0.4, 0.5) is 18.9 Å². The van der Waals surface area contributed by atoms with Crippen LogP contribution in [0.1, 0.15) is 5.56 Å². The predicted molar refractivity (Wildman–Crippen MR) is 93.2 cm³/mol. The van der Waals surface area contributed by atoms with Crippen molar-refractivity contribution in [2.45, 2.75) is 6.18 Å². The van der Waals surface area contributed by atoms with Crippen molar-refractivity contribution >= 4 is 35.0 Å². The molecule has 0 aliphatic carbocycles. The van der Waals surface area contributed by atoms with Gasteiger partial charge in [0.2, 0.25) is 0 Å². The molecule has 0 aliphatic heterocycles. The summed E-state index contributed by atoms with van der Waals surface area (Å²) in [7, 11) is 1.42. The van der Waals surface area contributed by atoms with Crippen molar-refractivity contribution in [3.8, 4) is 5.75 Å². The van der Waals surface area contributed by atoms with E-state index in [9.17, 15) is 23.1 Å². The summed E-state index contributed by atoms with van der Waals surface area (Å²) in [5.41, 5.74) is -0.837. The van der Waals surface area contributed by atoms with E-state index in [1.807, 2.05) is 0 Å². The first-order valence-corrected chi connectivity index (χ1v) is 7.59. The number of aliphatic hydroxyl groups is 1. The molecule has 0 heterocycles. The monoisotopic (exact) mass is 383 g/mol. The van der Waals surface area contributed by atoms with Gasteiger partial charge in [0.25, 0.3) is 5.78 Å². The number of aliphatic hydroxyl groups excluding tert-OH is 1. The van der Waals surface area contributed by atoms with Crippen molar-refractivity contribution in [3.05, 3.63) is 64.7 Å². The largest absolute Gasteiger partial charge is 0.506 e. The molecule has 8 heteroatoms.